The minimum Gasteiger partial charge on any atom is -0.310 e. The predicted octanol–water partition coefficient (Wildman–Crippen LogP) is 3.58. The standard InChI is InChI=1S/C12H13Cl2NOS/c1-7-2-9(13)4-10(14)12(7)15-5-8(6-17)3-11(15)16/h2,4,8,17H,3,5-6H2,1H3. The van der Waals surface area contributed by atoms with Crippen molar-refractivity contribution >= 4 is 47.4 Å². The van der Waals surface area contributed by atoms with Crippen LogP contribution in [0.3, 0.4) is 0 Å². The Bertz CT molecular complexity index is 441. The monoisotopic (exact) mass is 289 g/mol. The highest BCUT2D eigenvalue weighted by Gasteiger charge is 2.31. The van der Waals surface area contributed by atoms with Gasteiger partial charge in [-0.05, 0) is 36.3 Å². The number of hydrogen-bond acceptors (Lipinski definition) is 2. The number of benzene rings is 1. The van der Waals surface area contributed by atoms with Gasteiger partial charge >= 0.3 is 0 Å². The third-order valence-electron chi connectivity index (χ3n) is 2.95. The van der Waals surface area contributed by atoms with Gasteiger partial charge in [0.2, 0.25) is 5.91 Å². The zero-order valence-corrected chi connectivity index (χ0v) is 11.8. The van der Waals surface area contributed by atoms with Gasteiger partial charge in [0, 0.05) is 18.0 Å². The second-order valence-electron chi connectivity index (χ2n) is 4.31. The average molecular weight is 290 g/mol. The van der Waals surface area contributed by atoms with E-state index in [2.05, 4.69) is 12.6 Å². The Hall–Kier alpha value is -0.380. The Morgan fingerprint density at radius 2 is 2.18 bits per heavy atom. The van der Waals surface area contributed by atoms with Crippen LogP contribution in [0.25, 0.3) is 0 Å². The number of hydrogen-bond donors (Lipinski definition) is 1. The Balaban J connectivity index is 2.38. The molecule has 0 N–H and O–H groups in total. The van der Waals surface area contributed by atoms with E-state index in [1.807, 2.05) is 13.0 Å². The van der Waals surface area contributed by atoms with Gasteiger partial charge in [-0.2, -0.15) is 12.6 Å². The zero-order chi connectivity index (χ0) is 12.6. The largest absolute Gasteiger partial charge is 0.310 e. The summed E-state index contributed by atoms with van der Waals surface area (Å²) >= 11 is 16.3. The molecule has 0 bridgehead atoms. The maximum Gasteiger partial charge on any atom is 0.227 e. The smallest absolute Gasteiger partial charge is 0.227 e. The third-order valence-corrected chi connectivity index (χ3v) is 3.97. The summed E-state index contributed by atoms with van der Waals surface area (Å²) in [7, 11) is 0. The van der Waals surface area contributed by atoms with Crippen LogP contribution in [-0.2, 0) is 4.79 Å². The molecule has 1 fully saturated rings. The minimum absolute atomic E-state index is 0.108. The van der Waals surface area contributed by atoms with Crippen LogP contribution in [0.5, 0.6) is 0 Å². The van der Waals surface area contributed by atoms with Crippen LogP contribution in [0.15, 0.2) is 12.1 Å². The number of anilines is 1. The molecule has 1 saturated heterocycles. The second-order valence-corrected chi connectivity index (χ2v) is 5.52. The highest BCUT2D eigenvalue weighted by molar-refractivity contribution is 7.80. The van der Waals surface area contributed by atoms with E-state index in [1.54, 1.807) is 11.0 Å². The maximum absolute atomic E-state index is 11.9. The van der Waals surface area contributed by atoms with Gasteiger partial charge in [-0.25, -0.2) is 0 Å². The summed E-state index contributed by atoms with van der Waals surface area (Å²) in [6.45, 7) is 2.60. The van der Waals surface area contributed by atoms with E-state index >= 15 is 0 Å². The molecule has 1 amide bonds. The van der Waals surface area contributed by atoms with Gasteiger partial charge in [0.05, 0.1) is 10.7 Å². The number of nitrogens with zero attached hydrogens (tertiary/aromatic N) is 1. The molecule has 0 aromatic heterocycles. The Kier molecular flexibility index (Phi) is 3.91. The molecule has 1 unspecified atom stereocenters. The molecule has 0 spiro atoms. The van der Waals surface area contributed by atoms with E-state index in [-0.39, 0.29) is 5.91 Å². The lowest BCUT2D eigenvalue weighted by molar-refractivity contribution is -0.117. The van der Waals surface area contributed by atoms with Crippen molar-refractivity contribution in [2.24, 2.45) is 5.92 Å². The van der Waals surface area contributed by atoms with Crippen LogP contribution in [0.4, 0.5) is 5.69 Å². The minimum atomic E-state index is 0.108. The molecule has 1 aliphatic heterocycles. The molecule has 92 valence electrons. The number of rotatable bonds is 2. The highest BCUT2D eigenvalue weighted by atomic mass is 35.5. The molecule has 1 aromatic carbocycles. The van der Waals surface area contributed by atoms with E-state index in [1.165, 1.54) is 0 Å². The normalized spacial score (nSPS) is 20.1. The first kappa shape index (κ1) is 13.1. The lowest BCUT2D eigenvalue weighted by atomic mass is 10.1. The van der Waals surface area contributed by atoms with Gasteiger partial charge < -0.3 is 4.90 Å². The molecule has 2 nitrogen and oxygen atoms in total. The van der Waals surface area contributed by atoms with Crippen molar-refractivity contribution in [1.82, 2.24) is 0 Å². The topological polar surface area (TPSA) is 20.3 Å². The number of thiol groups is 1. The molecule has 17 heavy (non-hydrogen) atoms. The predicted molar refractivity (Wildman–Crippen MR) is 75.5 cm³/mol. The number of carbonyl (C=O) groups excluding carboxylic acids is 1. The molecule has 0 radical (unpaired) electrons. The summed E-state index contributed by atoms with van der Waals surface area (Å²) in [5.41, 5.74) is 1.71. The van der Waals surface area contributed by atoms with Crippen LogP contribution < -0.4 is 4.90 Å². The number of carbonyl (C=O) groups is 1. The summed E-state index contributed by atoms with van der Waals surface area (Å²) in [5, 5.41) is 1.12. The Morgan fingerprint density at radius 3 is 2.71 bits per heavy atom. The van der Waals surface area contributed by atoms with Gasteiger partial charge in [0.25, 0.3) is 0 Å². The van der Waals surface area contributed by atoms with Crippen molar-refractivity contribution < 1.29 is 4.79 Å². The van der Waals surface area contributed by atoms with Crippen LogP contribution in [0.2, 0.25) is 10.0 Å². The van der Waals surface area contributed by atoms with Crippen molar-refractivity contribution in [1.29, 1.82) is 0 Å². The zero-order valence-electron chi connectivity index (χ0n) is 9.41. The summed E-state index contributed by atoms with van der Waals surface area (Å²) in [6.07, 6.45) is 0.544. The van der Waals surface area contributed by atoms with Gasteiger partial charge in [0.1, 0.15) is 0 Å². The van der Waals surface area contributed by atoms with Crippen LogP contribution in [0, 0.1) is 12.8 Å². The third kappa shape index (κ3) is 2.56. The van der Waals surface area contributed by atoms with Crippen LogP contribution in [0.1, 0.15) is 12.0 Å². The first-order valence-corrected chi connectivity index (χ1v) is 6.78. The molecule has 0 saturated carbocycles. The van der Waals surface area contributed by atoms with Crippen molar-refractivity contribution in [3.05, 3.63) is 27.7 Å². The lowest BCUT2D eigenvalue weighted by Gasteiger charge is -2.20. The van der Waals surface area contributed by atoms with Crippen molar-refractivity contribution in [3.63, 3.8) is 0 Å². The summed E-state index contributed by atoms with van der Waals surface area (Å²) in [4.78, 5) is 13.7. The Morgan fingerprint density at radius 1 is 1.47 bits per heavy atom. The van der Waals surface area contributed by atoms with Crippen LogP contribution >= 0.6 is 35.8 Å². The van der Waals surface area contributed by atoms with Crippen molar-refractivity contribution in [2.45, 2.75) is 13.3 Å². The van der Waals surface area contributed by atoms with Crippen LogP contribution in [-0.4, -0.2) is 18.2 Å². The molecule has 1 atom stereocenters. The molecule has 0 aliphatic carbocycles. The van der Waals surface area contributed by atoms with Gasteiger partial charge in [-0.15, -0.1) is 0 Å². The first-order chi connectivity index (χ1) is 8.02. The van der Waals surface area contributed by atoms with Gasteiger partial charge in [-0.1, -0.05) is 23.2 Å². The van der Waals surface area contributed by atoms with E-state index in [9.17, 15) is 4.79 Å². The first-order valence-electron chi connectivity index (χ1n) is 5.39. The quantitative estimate of drug-likeness (QED) is 0.825. The van der Waals surface area contributed by atoms with Crippen molar-refractivity contribution in [3.8, 4) is 0 Å². The van der Waals surface area contributed by atoms with E-state index < -0.39 is 0 Å². The van der Waals surface area contributed by atoms with E-state index in [0.29, 0.717) is 34.7 Å². The molecule has 1 aromatic rings. The number of amides is 1. The fourth-order valence-electron chi connectivity index (χ4n) is 2.16. The average Bonchev–Trinajstić information content (AvgIpc) is 2.59. The van der Waals surface area contributed by atoms with E-state index in [0.717, 1.165) is 11.3 Å². The molecule has 5 heteroatoms. The van der Waals surface area contributed by atoms with Crippen molar-refractivity contribution in [2.75, 3.05) is 17.2 Å². The maximum atomic E-state index is 11.9. The van der Waals surface area contributed by atoms with E-state index in [4.69, 9.17) is 23.2 Å². The highest BCUT2D eigenvalue weighted by Crippen LogP contribution is 2.36. The Labute approximate surface area is 116 Å². The second kappa shape index (κ2) is 5.09. The molecular formula is C12H13Cl2NOS. The van der Waals surface area contributed by atoms with Gasteiger partial charge in [-0.3, -0.25) is 4.79 Å². The molecule has 2 rings (SSSR count). The van der Waals surface area contributed by atoms with Gasteiger partial charge in [0.15, 0.2) is 0 Å². The number of aryl methyl sites for hydroxylation is 1. The fourth-order valence-corrected chi connectivity index (χ4v) is 3.10. The summed E-state index contributed by atoms with van der Waals surface area (Å²) in [5.74, 6) is 1.13. The molecular weight excluding hydrogens is 277 g/mol. The molecule has 1 aliphatic rings. The fraction of sp³-hybridized carbons (Fsp3) is 0.417. The summed E-state index contributed by atoms with van der Waals surface area (Å²) < 4.78 is 0. The summed E-state index contributed by atoms with van der Waals surface area (Å²) in [6, 6.07) is 3.50. The lowest BCUT2D eigenvalue weighted by Crippen LogP contribution is -2.25. The SMILES string of the molecule is Cc1cc(Cl)cc(Cl)c1N1CC(CS)CC1=O. The molecule has 1 heterocycles. The number of halogens is 2.